The summed E-state index contributed by atoms with van der Waals surface area (Å²) in [6, 6.07) is 0.719. The molecule has 6 aromatic rings. The van der Waals surface area contributed by atoms with E-state index in [2.05, 4.69) is 54.5 Å². The normalized spacial score (nSPS) is 34.3. The molecule has 18 rings (SSSR count). The van der Waals surface area contributed by atoms with Gasteiger partial charge in [-0.2, -0.15) is 0 Å². The topological polar surface area (TPSA) is 177 Å². The fourth-order valence-corrected chi connectivity index (χ4v) is 21.1. The Morgan fingerprint density at radius 1 is 0.304 bits per heavy atom. The zero-order chi connectivity index (χ0) is 135. The average Bonchev–Trinajstić information content (AvgIpc) is 0.628. The van der Waals surface area contributed by atoms with Crippen LogP contribution in [0.3, 0.4) is 0 Å². The number of allylic oxidation sites excluding steroid dienone is 12. The summed E-state index contributed by atoms with van der Waals surface area (Å²) >= 11 is 0. The van der Waals surface area contributed by atoms with Crippen LogP contribution in [0.5, 0.6) is 69.0 Å². The standard InChI is InChI=1S/6C21H30O2/c6*1-5-6-7-8-15-12-18(22)20-16-11-14(2)9-10-17(16)21(3,4)23-19(20)13-15/h6*11-13,16-17,22H,5-10H2,1-4H3/t6*16-,17-/m111111/s1/i2D3,3D3,4D3,9D2,10D2,11D,16D,17D;9D2,10D2,11D,12D,13D,17D;10D2,11D,12D,13D,17D;9D2,12D,13D;2D3,12D,13D;12D,13D. The number of fused-ring (bicyclic) bond motifs is 18. The fourth-order valence-electron chi connectivity index (χ4n) is 21.1. The van der Waals surface area contributed by atoms with Crippen molar-refractivity contribution in [3.8, 4) is 69.0 Å². The number of rotatable bonds is 24. The monoisotopic (exact) mass is 1930 g/mol. The smallest absolute Gasteiger partial charge is 0.127 e. The largest absolute Gasteiger partial charge is 0.507 e. The Morgan fingerprint density at radius 3 is 1.02 bits per heavy atom. The Kier molecular flexibility index (Phi) is 21.2. The molecule has 6 heterocycles. The Bertz CT molecular complexity index is 7520. The van der Waals surface area contributed by atoms with E-state index in [4.69, 9.17) is 79.1 Å². The van der Waals surface area contributed by atoms with Gasteiger partial charge >= 0.3 is 0 Å². The third-order valence-corrected chi connectivity index (χ3v) is 28.6. The second-order valence-electron chi connectivity index (χ2n) is 41.9. The maximum Gasteiger partial charge on any atom is 0.127 e. The second-order valence-corrected chi connectivity index (χ2v) is 41.9. The summed E-state index contributed by atoms with van der Waals surface area (Å²) in [5, 5.41) is 65.5. The number of benzene rings is 6. The molecule has 0 saturated heterocycles. The minimum Gasteiger partial charge on any atom is -0.507 e. The molecule has 0 saturated carbocycles. The van der Waals surface area contributed by atoms with Crippen molar-refractivity contribution < 1.29 is 115 Å². The summed E-state index contributed by atoms with van der Waals surface area (Å²) < 4.78 is 383. The summed E-state index contributed by atoms with van der Waals surface area (Å²) in [7, 11) is 0. The number of phenolic OH excluding ortho intramolecular Hbond substituents is 6. The first kappa shape index (κ1) is 64.1. The van der Waals surface area contributed by atoms with Crippen molar-refractivity contribution in [1.82, 2.24) is 0 Å². The predicted octanol–water partition coefficient (Wildman–Crippen LogP) is 34.4. The summed E-state index contributed by atoms with van der Waals surface area (Å²) in [4.78, 5) is 0. The molecule has 0 unspecified atom stereocenters. The van der Waals surface area contributed by atoms with Crippen LogP contribution in [0.4, 0.5) is 0 Å². The van der Waals surface area contributed by atoms with E-state index in [9.17, 15) is 36.1 Å². The van der Waals surface area contributed by atoms with Crippen molar-refractivity contribution in [1.29, 1.82) is 0 Å². The molecule has 0 bridgehead atoms. The fraction of sp³-hybridized carbons (Fsp3) is 0.619. The van der Waals surface area contributed by atoms with Crippen LogP contribution < -0.4 is 28.4 Å². The Hall–Kier alpha value is -8.64. The van der Waals surface area contributed by atoms with E-state index >= 15 is 0 Å². The molecule has 12 atom stereocenters. The molecule has 0 amide bonds. The molecule has 0 radical (unpaired) electrons. The van der Waals surface area contributed by atoms with Gasteiger partial charge in [0, 0.05) is 143 Å². The summed E-state index contributed by atoms with van der Waals surface area (Å²) in [5.74, 6) is -16.4. The van der Waals surface area contributed by atoms with Crippen molar-refractivity contribution in [3.05, 3.63) is 209 Å². The highest BCUT2D eigenvalue weighted by molar-refractivity contribution is 5.60. The molecule has 0 fully saturated rings. The maximum absolute atomic E-state index is 11.1. The number of aromatic hydroxyl groups is 6. The van der Waals surface area contributed by atoms with E-state index in [1.807, 2.05) is 47.6 Å². The summed E-state index contributed by atoms with van der Waals surface area (Å²) in [6.45, 7) is 23.7. The highest BCUT2D eigenvalue weighted by Crippen LogP contribution is 2.61. The lowest BCUT2D eigenvalue weighted by atomic mass is 9.68. The molecule has 12 heteroatoms. The molecule has 138 heavy (non-hydrogen) atoms. The van der Waals surface area contributed by atoms with Gasteiger partial charge in [-0.05, 0) is 384 Å². The van der Waals surface area contributed by atoms with Gasteiger partial charge in [-0.25, -0.2) is 0 Å². The lowest BCUT2D eigenvalue weighted by Crippen LogP contribution is -2.45. The van der Waals surface area contributed by atoms with E-state index in [1.165, 1.54) is 26.3 Å². The molecule has 0 aromatic heterocycles. The minimum atomic E-state index is -4.08. The molecule has 6 N–H and O–H groups in total. The zero-order valence-electron chi connectivity index (χ0n) is 126. The van der Waals surface area contributed by atoms with Crippen LogP contribution >= 0.6 is 0 Å². The first-order valence-electron chi connectivity index (χ1n) is 71.4. The number of ether oxygens (including phenoxy) is 6. The molecular formula is C126H180O12. The van der Waals surface area contributed by atoms with Crippen LogP contribution in [0, 0.1) is 35.4 Å². The van der Waals surface area contributed by atoms with Gasteiger partial charge in [-0.3, -0.25) is 0 Å². The molecule has 6 aromatic carbocycles. The van der Waals surface area contributed by atoms with Gasteiger partial charge in [0.1, 0.15) is 103 Å². The minimum absolute atomic E-state index is 0.00520. The number of aryl methyl sites for hydroxylation is 1. The van der Waals surface area contributed by atoms with Crippen LogP contribution in [0.25, 0.3) is 0 Å². The van der Waals surface area contributed by atoms with Crippen LogP contribution in [0.1, 0.15) is 517 Å². The van der Waals surface area contributed by atoms with Gasteiger partial charge < -0.3 is 59.1 Å². The Balaban J connectivity index is 0.000000176. The van der Waals surface area contributed by atoms with Gasteiger partial charge in [-0.1, -0.05) is 188 Å². The van der Waals surface area contributed by atoms with Crippen LogP contribution in [-0.4, -0.2) is 64.2 Å². The third-order valence-electron chi connectivity index (χ3n) is 28.6. The van der Waals surface area contributed by atoms with E-state index in [1.54, 1.807) is 33.8 Å². The van der Waals surface area contributed by atoms with Gasteiger partial charge in [0.05, 0.1) is 17.8 Å². The first-order valence-corrected chi connectivity index (χ1v) is 50.9. The van der Waals surface area contributed by atoms with Crippen LogP contribution in [0.2, 0.25) is 0 Å². The number of phenols is 6. The van der Waals surface area contributed by atoms with Crippen molar-refractivity contribution in [2.24, 2.45) is 35.4 Å². The van der Waals surface area contributed by atoms with Gasteiger partial charge in [0.25, 0.3) is 0 Å². The highest BCUT2D eigenvalue weighted by Gasteiger charge is 2.52. The quantitative estimate of drug-likeness (QED) is 0.0250. The van der Waals surface area contributed by atoms with Crippen molar-refractivity contribution >= 4 is 0 Å². The molecule has 6 aliphatic heterocycles. The lowest BCUT2D eigenvalue weighted by molar-refractivity contribution is 0.0104. The molecular weight excluding hydrogens is 1710 g/mol. The van der Waals surface area contributed by atoms with E-state index in [0.717, 1.165) is 134 Å². The number of hydrogen-bond donors (Lipinski definition) is 6. The van der Waals surface area contributed by atoms with Crippen molar-refractivity contribution in [3.63, 3.8) is 0 Å². The second kappa shape index (κ2) is 45.7. The summed E-state index contributed by atoms with van der Waals surface area (Å²) in [6.07, 6.45) is 11.9. The van der Waals surface area contributed by atoms with Gasteiger partial charge in [-0.15, -0.1) is 0 Å². The first-order chi connectivity index (χ1) is 82.0. The molecule has 12 aliphatic rings. The Morgan fingerprint density at radius 2 is 0.630 bits per heavy atom. The average molecular weight is 1930 g/mol. The van der Waals surface area contributed by atoms with Crippen LogP contribution in [0.15, 0.2) is 142 Å². The third kappa shape index (κ3) is 25.0. The van der Waals surface area contributed by atoms with Crippen molar-refractivity contribution in [2.75, 3.05) is 0 Å². The lowest BCUT2D eigenvalue weighted by Gasteiger charge is -2.46. The van der Waals surface area contributed by atoms with E-state index < -0.39 is 169 Å². The van der Waals surface area contributed by atoms with Crippen LogP contribution in [-0.2, 0) is 38.5 Å². The zero-order valence-corrected chi connectivity index (χ0v) is 85.4. The number of unbranched alkanes of at least 4 members (excludes halogenated alkanes) is 12. The predicted molar refractivity (Wildman–Crippen MR) is 572 cm³/mol. The highest BCUT2D eigenvalue weighted by atomic mass is 16.5. The van der Waals surface area contributed by atoms with Crippen molar-refractivity contribution in [2.45, 2.75) is 466 Å². The van der Waals surface area contributed by atoms with Gasteiger partial charge in [0.15, 0.2) is 0 Å². The Labute approximate surface area is 891 Å². The molecule has 12 nitrogen and oxygen atoms in total. The summed E-state index contributed by atoms with van der Waals surface area (Å²) in [5.41, 5.74) is -4.11. The number of hydrogen-bond acceptors (Lipinski definition) is 12. The van der Waals surface area contributed by atoms with E-state index in [-0.39, 0.29) is 159 Å². The molecule has 0 spiro atoms. The molecule has 6 aliphatic carbocycles. The van der Waals surface area contributed by atoms with E-state index in [0.29, 0.717) is 154 Å². The molecule has 756 valence electrons. The van der Waals surface area contributed by atoms with Gasteiger partial charge in [0.2, 0.25) is 0 Å². The maximum atomic E-state index is 11.1. The SMILES string of the molecule is [2H]C1=C(C([2H])([2H])[2H])C([2H])([2H])C([2H])([2H])[C@@]2([2H])C(C([2H])([2H])[2H])(C([2H])([2H])[2H])Oc3cc(CCCCC)cc(O)c3[C@]12[2H].[2H]C1=C(C)C([2H])([2H])C([2H])([2H])[C@]2([2H])[C@@H]1c1c(O)c([2H])c(CCCCC)c([2H])c1OC2(C)C.[2H]C1=C(C)CC([2H])([2H])[C@]2([2H])[C@@H]1c1c(O)c([2H])c(CCCCC)c([2H])c1OC2(C)C.[2H]c1c(O)c2c(c([2H])c1CCCCC)OC(C)(C)[C@@H]1CC([2H])([2H])C(C)=C[C@@H]21.[2H]c1c(O)c2c(c([2H])c1CCCCC)OC(C)(C)[C@@H]1CCC(C([2H])([2H])[2H])=C[C@@H]21.[2H]c1c(O)c2c(c([2H])c1CCCCC)OC(C)(C)[C@@H]1CCC(C)=C[C@@H]21.